The molecule has 3 nitrogen and oxygen atoms in total. The van der Waals surface area contributed by atoms with Crippen molar-refractivity contribution in [3.8, 4) is 0 Å². The van der Waals surface area contributed by atoms with E-state index in [9.17, 15) is 5.11 Å². The third kappa shape index (κ3) is 1.81. The molecular weight excluding hydrogens is 176 g/mol. The number of rotatable bonds is 3. The smallest absolute Gasteiger partial charge is 0.0502 e. The van der Waals surface area contributed by atoms with Crippen LogP contribution in [0.4, 0.5) is 0 Å². The third-order valence-corrected chi connectivity index (χ3v) is 4.19. The lowest BCUT2D eigenvalue weighted by Crippen LogP contribution is -2.45. The average molecular weight is 198 g/mol. The minimum atomic E-state index is 0.112. The highest BCUT2D eigenvalue weighted by Gasteiger charge is 2.49. The van der Waals surface area contributed by atoms with E-state index in [1.165, 1.54) is 25.9 Å². The largest absolute Gasteiger partial charge is 0.396 e. The fourth-order valence-electron chi connectivity index (χ4n) is 2.65. The lowest BCUT2D eigenvalue weighted by atomic mass is 9.81. The summed E-state index contributed by atoms with van der Waals surface area (Å²) in [5, 5.41) is 9.32. The molecule has 0 radical (unpaired) electrons. The maximum absolute atomic E-state index is 9.32. The molecule has 82 valence electrons. The van der Waals surface area contributed by atoms with Crippen molar-refractivity contribution in [2.45, 2.75) is 31.7 Å². The van der Waals surface area contributed by atoms with Gasteiger partial charge in [-0.3, -0.25) is 0 Å². The van der Waals surface area contributed by atoms with Crippen LogP contribution in [0.25, 0.3) is 0 Å². The first-order chi connectivity index (χ1) is 6.68. The Morgan fingerprint density at radius 2 is 2.00 bits per heavy atom. The van der Waals surface area contributed by atoms with E-state index in [1.54, 1.807) is 0 Å². The summed E-state index contributed by atoms with van der Waals surface area (Å²) >= 11 is 0. The van der Waals surface area contributed by atoms with Crippen molar-refractivity contribution in [2.24, 2.45) is 17.1 Å². The summed E-state index contributed by atoms with van der Waals surface area (Å²) in [6.45, 7) is 2.63. The van der Waals surface area contributed by atoms with Gasteiger partial charge in [0.05, 0.1) is 6.61 Å². The summed E-state index contributed by atoms with van der Waals surface area (Å²) in [4.78, 5) is 2.36. The highest BCUT2D eigenvalue weighted by Crippen LogP contribution is 2.50. The molecule has 1 atom stereocenters. The van der Waals surface area contributed by atoms with E-state index >= 15 is 0 Å². The Kier molecular flexibility index (Phi) is 2.82. The normalized spacial score (nSPS) is 30.2. The highest BCUT2D eigenvalue weighted by molar-refractivity contribution is 5.03. The van der Waals surface area contributed by atoms with E-state index in [2.05, 4.69) is 11.9 Å². The number of hydrogen-bond acceptors (Lipinski definition) is 3. The van der Waals surface area contributed by atoms with Crippen LogP contribution in [-0.4, -0.2) is 42.8 Å². The molecule has 2 fully saturated rings. The van der Waals surface area contributed by atoms with Crippen molar-refractivity contribution in [2.75, 3.05) is 26.7 Å². The topological polar surface area (TPSA) is 49.5 Å². The maximum Gasteiger partial charge on any atom is 0.0502 e. The molecule has 2 aliphatic rings. The van der Waals surface area contributed by atoms with Crippen molar-refractivity contribution < 1.29 is 5.11 Å². The number of likely N-dealkylation sites (tertiary alicyclic amines) is 1. The van der Waals surface area contributed by atoms with E-state index in [0.29, 0.717) is 12.5 Å². The zero-order valence-electron chi connectivity index (χ0n) is 9.08. The van der Waals surface area contributed by atoms with Crippen LogP contribution < -0.4 is 5.73 Å². The summed E-state index contributed by atoms with van der Waals surface area (Å²) in [6, 6.07) is 0.237. The lowest BCUT2D eigenvalue weighted by Gasteiger charge is -2.36. The Morgan fingerprint density at radius 3 is 2.43 bits per heavy atom. The summed E-state index contributed by atoms with van der Waals surface area (Å²) in [7, 11) is 2.17. The van der Waals surface area contributed by atoms with Crippen LogP contribution in [0.5, 0.6) is 0 Å². The molecule has 1 unspecified atom stereocenters. The van der Waals surface area contributed by atoms with E-state index in [4.69, 9.17) is 5.73 Å². The number of nitrogens with two attached hydrogens (primary N) is 1. The summed E-state index contributed by atoms with van der Waals surface area (Å²) in [5.41, 5.74) is 6.38. The molecular formula is C11H22N2O. The number of aliphatic hydroxyl groups excluding tert-OH is 1. The van der Waals surface area contributed by atoms with Gasteiger partial charge in [-0.25, -0.2) is 0 Å². The second kappa shape index (κ2) is 3.80. The van der Waals surface area contributed by atoms with Crippen LogP contribution in [0, 0.1) is 11.3 Å². The molecule has 1 aliphatic carbocycles. The van der Waals surface area contributed by atoms with E-state index < -0.39 is 0 Å². The molecule has 0 aromatic heterocycles. The van der Waals surface area contributed by atoms with Gasteiger partial charge in [0.15, 0.2) is 0 Å². The van der Waals surface area contributed by atoms with Crippen LogP contribution >= 0.6 is 0 Å². The molecule has 2 rings (SSSR count). The first-order valence-electron chi connectivity index (χ1n) is 5.73. The predicted octanol–water partition coefficient (Wildman–Crippen LogP) is 0.428. The molecule has 0 bridgehead atoms. The second-order valence-corrected chi connectivity index (χ2v) is 5.19. The number of piperidine rings is 1. The van der Waals surface area contributed by atoms with Crippen molar-refractivity contribution >= 4 is 0 Å². The molecule has 3 N–H and O–H groups in total. The fourth-order valence-corrected chi connectivity index (χ4v) is 2.65. The highest BCUT2D eigenvalue weighted by atomic mass is 16.3. The minimum absolute atomic E-state index is 0.112. The van der Waals surface area contributed by atoms with Crippen LogP contribution in [0.2, 0.25) is 0 Å². The molecule has 0 spiro atoms. The van der Waals surface area contributed by atoms with Crippen molar-refractivity contribution in [3.05, 3.63) is 0 Å². The Labute approximate surface area is 86.3 Å². The van der Waals surface area contributed by atoms with Gasteiger partial charge < -0.3 is 15.7 Å². The van der Waals surface area contributed by atoms with Crippen LogP contribution in [-0.2, 0) is 0 Å². The molecule has 0 aromatic rings. The van der Waals surface area contributed by atoms with Gasteiger partial charge in [0.1, 0.15) is 0 Å². The van der Waals surface area contributed by atoms with Gasteiger partial charge in [0.2, 0.25) is 0 Å². The molecule has 0 amide bonds. The first kappa shape index (κ1) is 10.4. The van der Waals surface area contributed by atoms with E-state index in [-0.39, 0.29) is 11.5 Å². The Morgan fingerprint density at radius 1 is 1.43 bits per heavy atom. The van der Waals surface area contributed by atoms with Crippen molar-refractivity contribution in [1.29, 1.82) is 0 Å². The maximum atomic E-state index is 9.32. The van der Waals surface area contributed by atoms with Crippen molar-refractivity contribution in [3.63, 3.8) is 0 Å². The molecule has 3 heteroatoms. The summed E-state index contributed by atoms with van der Waals surface area (Å²) in [5.74, 6) is 0.640. The minimum Gasteiger partial charge on any atom is -0.396 e. The van der Waals surface area contributed by atoms with Gasteiger partial charge in [-0.15, -0.1) is 0 Å². The number of aliphatic hydroxyl groups is 1. The van der Waals surface area contributed by atoms with E-state index in [1.807, 2.05) is 0 Å². The van der Waals surface area contributed by atoms with Crippen molar-refractivity contribution in [1.82, 2.24) is 4.90 Å². The van der Waals surface area contributed by atoms with E-state index in [0.717, 1.165) is 12.8 Å². The zero-order chi connectivity index (χ0) is 10.2. The standard InChI is InChI=1S/C11H22N2O/c1-13-6-2-9(3-7-13)10(12)11(8-14)4-5-11/h9-10,14H,2-8,12H2,1H3. The first-order valence-corrected chi connectivity index (χ1v) is 5.73. The third-order valence-electron chi connectivity index (χ3n) is 4.19. The molecule has 1 saturated carbocycles. The fraction of sp³-hybridized carbons (Fsp3) is 1.00. The molecule has 14 heavy (non-hydrogen) atoms. The van der Waals surface area contributed by atoms with Crippen LogP contribution in [0.1, 0.15) is 25.7 Å². The second-order valence-electron chi connectivity index (χ2n) is 5.19. The van der Waals surface area contributed by atoms with Gasteiger partial charge in [0.25, 0.3) is 0 Å². The molecule has 0 aromatic carbocycles. The van der Waals surface area contributed by atoms with Gasteiger partial charge >= 0.3 is 0 Å². The van der Waals surface area contributed by atoms with Gasteiger partial charge in [-0.1, -0.05) is 0 Å². The molecule has 1 heterocycles. The Balaban J connectivity index is 1.89. The predicted molar refractivity (Wildman–Crippen MR) is 56.9 cm³/mol. The van der Waals surface area contributed by atoms with Gasteiger partial charge in [0, 0.05) is 11.5 Å². The number of hydrogen-bond donors (Lipinski definition) is 2. The zero-order valence-corrected chi connectivity index (χ0v) is 9.08. The summed E-state index contributed by atoms with van der Waals surface area (Å²) in [6.07, 6.45) is 4.69. The average Bonchev–Trinajstić information content (AvgIpc) is 2.99. The monoisotopic (exact) mass is 198 g/mol. The Bertz CT molecular complexity index is 195. The lowest BCUT2D eigenvalue weighted by molar-refractivity contribution is 0.123. The SMILES string of the molecule is CN1CCC(C(N)C2(CO)CC2)CC1. The van der Waals surface area contributed by atoms with Crippen LogP contribution in [0.3, 0.4) is 0 Å². The Hall–Kier alpha value is -0.120. The van der Waals surface area contributed by atoms with Crippen LogP contribution in [0.15, 0.2) is 0 Å². The van der Waals surface area contributed by atoms with Gasteiger partial charge in [-0.2, -0.15) is 0 Å². The molecule has 1 saturated heterocycles. The summed E-state index contributed by atoms with van der Waals surface area (Å²) < 4.78 is 0. The van der Waals surface area contributed by atoms with Gasteiger partial charge in [-0.05, 0) is 51.7 Å². The quantitative estimate of drug-likeness (QED) is 0.691. The number of nitrogens with zero attached hydrogens (tertiary/aromatic N) is 1. The molecule has 1 aliphatic heterocycles.